The Bertz CT molecular complexity index is 2970. The van der Waals surface area contributed by atoms with Crippen molar-refractivity contribution in [1.82, 2.24) is 30.7 Å². The first kappa shape index (κ1) is 81.0. The Morgan fingerprint density at radius 1 is 0.677 bits per heavy atom. The molecule has 4 rings (SSSR count). The predicted octanol–water partition coefficient (Wildman–Crippen LogP) is 8.69. The number of carbonyl (C=O) groups excluding carboxylic acids is 10. The van der Waals surface area contributed by atoms with Gasteiger partial charge < -0.3 is 56.1 Å². The number of aliphatic hydroxyl groups excluding tert-OH is 1. The van der Waals surface area contributed by atoms with Crippen LogP contribution in [-0.4, -0.2) is 169 Å². The van der Waals surface area contributed by atoms with E-state index in [4.69, 9.17) is 19.9 Å². The van der Waals surface area contributed by atoms with Crippen molar-refractivity contribution in [1.29, 1.82) is 0 Å². The number of nitrogens with one attached hydrogen (secondary N) is 4. The molecule has 3 aromatic rings. The van der Waals surface area contributed by atoms with Crippen molar-refractivity contribution in [2.75, 3.05) is 46.7 Å². The zero-order valence-corrected chi connectivity index (χ0v) is 59.4. The summed E-state index contributed by atoms with van der Waals surface area (Å²) in [7, 11) is 6.13. The molecule has 0 aliphatic carbocycles. The Hall–Kier alpha value is -7.40. The molecule has 0 saturated carbocycles. The molecule has 22 nitrogen and oxygen atoms in total. The van der Waals surface area contributed by atoms with Crippen molar-refractivity contribution < 1.29 is 67.3 Å². The van der Waals surface area contributed by atoms with Gasteiger partial charge in [0.15, 0.2) is 5.78 Å². The van der Waals surface area contributed by atoms with Gasteiger partial charge in [-0.1, -0.05) is 148 Å². The molecule has 7 N–H and O–H groups in total. The first-order valence-electron chi connectivity index (χ1n) is 34.5. The van der Waals surface area contributed by atoms with Crippen LogP contribution in [-0.2, 0) is 70.4 Å². The number of aliphatic hydroxyl groups is 1. The van der Waals surface area contributed by atoms with Crippen molar-refractivity contribution in [3.05, 3.63) is 102 Å². The average molecular weight is 1340 g/mol. The summed E-state index contributed by atoms with van der Waals surface area (Å²) < 4.78 is 17.8. The van der Waals surface area contributed by atoms with Crippen LogP contribution in [0.1, 0.15) is 176 Å². The predicted molar refractivity (Wildman–Crippen MR) is 370 cm³/mol. The quantitative estimate of drug-likeness (QED) is 0.0289. The second kappa shape index (κ2) is 41.0. The number of carbonyl (C=O) groups is 10. The molecule has 13 atom stereocenters. The molecule has 0 aromatic heterocycles. The van der Waals surface area contributed by atoms with Gasteiger partial charge in [0.1, 0.15) is 30.3 Å². The lowest BCUT2D eigenvalue weighted by atomic mass is 9.89. The van der Waals surface area contributed by atoms with Crippen LogP contribution in [0.3, 0.4) is 0 Å². The number of anilines is 1. The summed E-state index contributed by atoms with van der Waals surface area (Å²) in [5, 5.41) is 22.7. The number of likely N-dealkylation sites (tertiary alicyclic amines) is 1. The molecule has 1 unspecified atom stereocenters. The lowest BCUT2D eigenvalue weighted by molar-refractivity contribution is -0.148. The number of Topliss-reactive ketones (excluding diaryl/α,β-unsaturated/α-hetero) is 3. The van der Waals surface area contributed by atoms with E-state index in [1.54, 1.807) is 94.8 Å². The van der Waals surface area contributed by atoms with E-state index in [1.165, 1.54) is 26.2 Å². The highest BCUT2D eigenvalue weighted by Crippen LogP contribution is 2.31. The van der Waals surface area contributed by atoms with E-state index in [-0.39, 0.29) is 73.8 Å². The Morgan fingerprint density at radius 2 is 1.31 bits per heavy atom. The highest BCUT2D eigenvalue weighted by Gasteiger charge is 2.44. The molecule has 1 fully saturated rings. The van der Waals surface area contributed by atoms with Gasteiger partial charge in [-0.15, -0.1) is 0 Å². The van der Waals surface area contributed by atoms with Crippen LogP contribution in [0.4, 0.5) is 10.5 Å². The number of hydrogen-bond donors (Lipinski definition) is 6. The number of benzene rings is 3. The molecular formula is C74H112N8O14. The van der Waals surface area contributed by atoms with E-state index in [1.807, 2.05) is 76.2 Å². The molecule has 1 saturated heterocycles. The fourth-order valence-corrected chi connectivity index (χ4v) is 12.7. The number of ketones is 3. The minimum absolute atomic E-state index is 0.0391. The average Bonchev–Trinajstić information content (AvgIpc) is 1.43. The zero-order valence-electron chi connectivity index (χ0n) is 59.4. The largest absolute Gasteiger partial charge is 0.445 e. The summed E-state index contributed by atoms with van der Waals surface area (Å²) in [5.74, 6) is -6.03. The van der Waals surface area contributed by atoms with Crippen LogP contribution in [0.25, 0.3) is 0 Å². The molecule has 532 valence electrons. The second-order valence-electron chi connectivity index (χ2n) is 26.8. The van der Waals surface area contributed by atoms with Gasteiger partial charge in [-0.05, 0) is 98.6 Å². The van der Waals surface area contributed by atoms with Gasteiger partial charge in [-0.25, -0.2) is 4.79 Å². The van der Waals surface area contributed by atoms with E-state index in [0.717, 1.165) is 5.56 Å². The summed E-state index contributed by atoms with van der Waals surface area (Å²) in [6.07, 6.45) is 1.45. The number of nitrogens with zero attached hydrogens (tertiary/aromatic N) is 3. The number of methoxy groups -OCH3 is 2. The van der Waals surface area contributed by atoms with E-state index in [2.05, 4.69) is 21.3 Å². The minimum Gasteiger partial charge on any atom is -0.445 e. The lowest BCUT2D eigenvalue weighted by Crippen LogP contribution is -2.60. The Labute approximate surface area is 570 Å². The monoisotopic (exact) mass is 1340 g/mol. The molecule has 1 aliphatic rings. The first-order chi connectivity index (χ1) is 45.6. The van der Waals surface area contributed by atoms with E-state index in [0.29, 0.717) is 87.7 Å². The summed E-state index contributed by atoms with van der Waals surface area (Å²) in [6, 6.07) is 20.1. The number of rotatable bonds is 42. The number of hydrogen-bond acceptors (Lipinski definition) is 15. The number of unbranched alkanes of at least 4 members (excludes halogenated alkanes) is 1. The summed E-state index contributed by atoms with van der Waals surface area (Å²) in [6.45, 7) is 18.7. The Morgan fingerprint density at radius 3 is 1.90 bits per heavy atom. The molecule has 96 heavy (non-hydrogen) atoms. The molecule has 7 amide bonds. The van der Waals surface area contributed by atoms with Gasteiger partial charge in [0.2, 0.25) is 35.4 Å². The van der Waals surface area contributed by atoms with Crippen LogP contribution < -0.4 is 27.0 Å². The Kier molecular flexibility index (Phi) is 34.6. The summed E-state index contributed by atoms with van der Waals surface area (Å²) in [4.78, 5) is 142. The molecule has 1 aliphatic heterocycles. The smallest absolute Gasteiger partial charge is 0.410 e. The number of likely N-dealkylation sites (N-methyl/N-ethyl adjacent to an activating group) is 2. The lowest BCUT2D eigenvalue weighted by Gasteiger charge is -2.41. The van der Waals surface area contributed by atoms with Gasteiger partial charge >= 0.3 is 6.09 Å². The molecular weight excluding hydrogens is 1220 g/mol. The maximum absolute atomic E-state index is 14.8. The van der Waals surface area contributed by atoms with Crippen molar-refractivity contribution in [3.63, 3.8) is 0 Å². The van der Waals surface area contributed by atoms with Crippen molar-refractivity contribution in [2.24, 2.45) is 41.2 Å². The first-order valence-corrected chi connectivity index (χ1v) is 34.5. The fraction of sp³-hybridized carbons (Fsp3) is 0.622. The molecule has 0 bridgehead atoms. The number of ether oxygens (including phenoxy) is 3. The molecule has 22 heteroatoms. The third-order valence-corrected chi connectivity index (χ3v) is 18.8. The van der Waals surface area contributed by atoms with Crippen LogP contribution in [0.15, 0.2) is 84.9 Å². The van der Waals surface area contributed by atoms with E-state index >= 15 is 0 Å². The zero-order chi connectivity index (χ0) is 71.3. The van der Waals surface area contributed by atoms with Crippen LogP contribution in [0.5, 0.6) is 0 Å². The third-order valence-electron chi connectivity index (χ3n) is 18.8. The van der Waals surface area contributed by atoms with Gasteiger partial charge in [-0.2, -0.15) is 0 Å². The van der Waals surface area contributed by atoms with E-state index in [9.17, 15) is 53.1 Å². The normalized spacial score (nSPS) is 16.9. The maximum atomic E-state index is 14.8. The van der Waals surface area contributed by atoms with Crippen molar-refractivity contribution in [2.45, 2.75) is 220 Å². The van der Waals surface area contributed by atoms with Crippen LogP contribution >= 0.6 is 0 Å². The Balaban J connectivity index is 1.40. The van der Waals surface area contributed by atoms with Crippen molar-refractivity contribution in [3.8, 4) is 0 Å². The van der Waals surface area contributed by atoms with Crippen LogP contribution in [0, 0.1) is 35.5 Å². The SMILES string of the molecule is CCC(=O)CCCC(=O)C[C@H](C)C(=O)NC(Cc1ccccc1)C(=O)C[C@@H](CCCCN)C(=O)Nc1ccc(COC(=O)N(C)[C@@H](C(=O)N[C@@H](C(=O)N(C)[C@H]([C@H](C)CC)[C@H](CC(=O)N2CCC[C@@H]2[C@@H](OC)[C@H](C)C(=O)N[C@@H](C)[C@H](O)c2ccccc2)OC)C(C)C)C(C)C)cc1. The molecule has 3 aromatic carbocycles. The van der Waals surface area contributed by atoms with Crippen LogP contribution in [0.2, 0.25) is 0 Å². The minimum atomic E-state index is -1.07. The molecule has 1 heterocycles. The summed E-state index contributed by atoms with van der Waals surface area (Å²) >= 11 is 0. The van der Waals surface area contributed by atoms with Gasteiger partial charge in [0.25, 0.3) is 0 Å². The second-order valence-corrected chi connectivity index (χ2v) is 26.8. The molecule has 0 radical (unpaired) electrons. The summed E-state index contributed by atoms with van der Waals surface area (Å²) in [5.41, 5.74) is 8.28. The van der Waals surface area contributed by atoms with Gasteiger partial charge in [0.05, 0.1) is 54.8 Å². The van der Waals surface area contributed by atoms with E-state index < -0.39 is 114 Å². The fourth-order valence-electron chi connectivity index (χ4n) is 12.7. The number of nitrogens with two attached hydrogens (primary N) is 1. The van der Waals surface area contributed by atoms with Gasteiger partial charge in [0, 0.05) is 84.5 Å². The molecule has 0 spiro atoms. The third kappa shape index (κ3) is 24.6. The highest BCUT2D eigenvalue weighted by molar-refractivity contribution is 5.98. The number of amides is 7. The standard InChI is InChI=1S/C74H112N8O14/c1-15-48(7)66(62(94-13)44-63(86)82-40-26-34-60(82)68(95-14)50(9)70(89)76-51(10)67(87)54-29-21-18-22-30-54)80(11)73(92)64(46(3)4)79-72(91)65(47(5)6)81(12)74(93)96-45-53-35-37-56(38-36-53)77-71(90)55(31-23-24-39-75)43-61(85)59(42-52-27-19-17-20-28-52)78-69(88)49(8)41-58(84)33-25-32-57(83)16-2/h17-22,27-30,35-38,46-51,55,59-60,62,64-68,87H,15-16,23-26,31-34,39-45,75H2,1-14H3,(H,76,89)(H,77,90)(H,78,88)(H,79,91)/t48-,49+,50+,51+,55-,59?,60-,62+,64-,65-,66-,67+,68+/m1/s1. The highest BCUT2D eigenvalue weighted by atomic mass is 16.6. The van der Waals surface area contributed by atoms with Gasteiger partial charge in [-0.3, -0.25) is 48.1 Å². The topological polar surface area (TPSA) is 302 Å². The maximum Gasteiger partial charge on any atom is 0.410 e. The van der Waals surface area contributed by atoms with Crippen molar-refractivity contribution >= 4 is 64.6 Å².